The molecule has 2 atom stereocenters. The van der Waals surface area contributed by atoms with E-state index in [0.717, 1.165) is 11.0 Å². The Kier molecular flexibility index (Phi) is 4.55. The van der Waals surface area contributed by atoms with Gasteiger partial charge >= 0.3 is 0 Å². The Hall–Kier alpha value is -1.13. The summed E-state index contributed by atoms with van der Waals surface area (Å²) in [6.07, 6.45) is 5.65. The van der Waals surface area contributed by atoms with Crippen molar-refractivity contribution in [3.63, 3.8) is 0 Å². The summed E-state index contributed by atoms with van der Waals surface area (Å²) in [6, 6.07) is 9.14. The second-order valence-corrected chi connectivity index (χ2v) is 5.52. The highest BCUT2D eigenvalue weighted by molar-refractivity contribution is 9.10. The molecule has 18 heavy (non-hydrogen) atoms. The number of aromatic nitrogens is 2. The summed E-state index contributed by atoms with van der Waals surface area (Å²) in [5.74, 6) is 0. The molecule has 4 heteroatoms. The Morgan fingerprint density at radius 2 is 2.22 bits per heavy atom. The largest absolute Gasteiger partial charge is 0.336 e. The van der Waals surface area contributed by atoms with Crippen molar-refractivity contribution in [1.82, 2.24) is 14.9 Å². The summed E-state index contributed by atoms with van der Waals surface area (Å²) < 4.78 is 3.21. The van der Waals surface area contributed by atoms with Crippen LogP contribution in [0.4, 0.5) is 0 Å². The fraction of sp³-hybridized carbons (Fsp3) is 0.357. The maximum atomic E-state index is 4.05. The van der Waals surface area contributed by atoms with Crippen molar-refractivity contribution in [2.45, 2.75) is 32.5 Å². The third kappa shape index (κ3) is 3.68. The zero-order valence-electron chi connectivity index (χ0n) is 10.7. The molecule has 2 rings (SSSR count). The molecule has 0 amide bonds. The van der Waals surface area contributed by atoms with Crippen LogP contribution in [-0.4, -0.2) is 15.6 Å². The molecular formula is C14H18BrN3. The van der Waals surface area contributed by atoms with Gasteiger partial charge in [-0.1, -0.05) is 28.1 Å². The summed E-state index contributed by atoms with van der Waals surface area (Å²) in [5.41, 5.74) is 1.29. The van der Waals surface area contributed by atoms with Crippen molar-refractivity contribution in [1.29, 1.82) is 0 Å². The summed E-state index contributed by atoms with van der Waals surface area (Å²) in [7, 11) is 0. The van der Waals surface area contributed by atoms with Crippen LogP contribution in [0.2, 0.25) is 0 Å². The fourth-order valence-corrected chi connectivity index (χ4v) is 2.48. The minimum Gasteiger partial charge on any atom is -0.336 e. The maximum Gasteiger partial charge on any atom is 0.0946 e. The van der Waals surface area contributed by atoms with Gasteiger partial charge in [-0.05, 0) is 31.5 Å². The SMILES string of the molecule is CC(Cn1ccnc1)NC(C)c1cccc(Br)c1. The van der Waals surface area contributed by atoms with E-state index in [0.29, 0.717) is 12.1 Å². The number of nitrogens with one attached hydrogen (secondary N) is 1. The molecule has 0 aliphatic heterocycles. The third-order valence-corrected chi connectivity index (χ3v) is 3.42. The van der Waals surface area contributed by atoms with Gasteiger partial charge < -0.3 is 9.88 Å². The van der Waals surface area contributed by atoms with Crippen molar-refractivity contribution in [3.8, 4) is 0 Å². The highest BCUT2D eigenvalue weighted by atomic mass is 79.9. The first-order valence-corrected chi connectivity index (χ1v) is 6.91. The lowest BCUT2D eigenvalue weighted by atomic mass is 10.1. The van der Waals surface area contributed by atoms with Crippen LogP contribution in [0, 0.1) is 0 Å². The van der Waals surface area contributed by atoms with Crippen molar-refractivity contribution in [2.75, 3.05) is 0 Å². The number of benzene rings is 1. The highest BCUT2D eigenvalue weighted by Crippen LogP contribution is 2.18. The number of hydrogen-bond donors (Lipinski definition) is 1. The van der Waals surface area contributed by atoms with Crippen LogP contribution < -0.4 is 5.32 Å². The van der Waals surface area contributed by atoms with E-state index in [4.69, 9.17) is 0 Å². The van der Waals surface area contributed by atoms with Crippen molar-refractivity contribution in [2.24, 2.45) is 0 Å². The first-order valence-electron chi connectivity index (χ1n) is 6.12. The fourth-order valence-electron chi connectivity index (χ4n) is 2.06. The average molecular weight is 308 g/mol. The predicted molar refractivity (Wildman–Crippen MR) is 77.4 cm³/mol. The zero-order chi connectivity index (χ0) is 13.0. The van der Waals surface area contributed by atoms with Crippen LogP contribution in [0.3, 0.4) is 0 Å². The van der Waals surface area contributed by atoms with Gasteiger partial charge in [-0.15, -0.1) is 0 Å². The zero-order valence-corrected chi connectivity index (χ0v) is 12.3. The molecule has 0 spiro atoms. The van der Waals surface area contributed by atoms with E-state index in [1.807, 2.05) is 24.8 Å². The summed E-state index contributed by atoms with van der Waals surface area (Å²) in [4.78, 5) is 4.05. The molecule has 1 heterocycles. The second-order valence-electron chi connectivity index (χ2n) is 4.60. The highest BCUT2D eigenvalue weighted by Gasteiger charge is 2.09. The van der Waals surface area contributed by atoms with Crippen LogP contribution in [0.25, 0.3) is 0 Å². The van der Waals surface area contributed by atoms with E-state index in [1.165, 1.54) is 5.56 Å². The monoisotopic (exact) mass is 307 g/mol. The van der Waals surface area contributed by atoms with E-state index in [-0.39, 0.29) is 0 Å². The summed E-state index contributed by atoms with van der Waals surface area (Å²) in [6.45, 7) is 5.30. The molecule has 1 N–H and O–H groups in total. The molecule has 3 nitrogen and oxygen atoms in total. The number of imidazole rings is 1. The van der Waals surface area contributed by atoms with Crippen molar-refractivity contribution >= 4 is 15.9 Å². The minimum absolute atomic E-state index is 0.334. The van der Waals surface area contributed by atoms with E-state index < -0.39 is 0 Å². The predicted octanol–water partition coefficient (Wildman–Crippen LogP) is 3.38. The molecule has 1 aromatic carbocycles. The average Bonchev–Trinajstić information content (AvgIpc) is 2.81. The Bertz CT molecular complexity index is 482. The lowest BCUT2D eigenvalue weighted by molar-refractivity contribution is 0.430. The van der Waals surface area contributed by atoms with Gasteiger partial charge in [0.25, 0.3) is 0 Å². The molecule has 0 aliphatic rings. The molecule has 0 bridgehead atoms. The Labute approximate surface area is 116 Å². The third-order valence-electron chi connectivity index (χ3n) is 2.93. The van der Waals surface area contributed by atoms with Gasteiger partial charge in [0, 0.05) is 35.5 Å². The van der Waals surface area contributed by atoms with Crippen molar-refractivity contribution < 1.29 is 0 Å². The molecule has 1 aromatic heterocycles. The summed E-state index contributed by atoms with van der Waals surface area (Å²) in [5, 5.41) is 3.59. The van der Waals surface area contributed by atoms with E-state index in [9.17, 15) is 0 Å². The van der Waals surface area contributed by atoms with Gasteiger partial charge in [0.15, 0.2) is 0 Å². The standard InChI is InChI=1S/C14H18BrN3/c1-11(9-18-7-6-16-10-18)17-12(2)13-4-3-5-14(15)8-13/h3-8,10-12,17H,9H2,1-2H3. The van der Waals surface area contributed by atoms with E-state index in [2.05, 4.69) is 62.8 Å². The lowest BCUT2D eigenvalue weighted by Gasteiger charge is -2.21. The molecule has 96 valence electrons. The Balaban J connectivity index is 1.92. The van der Waals surface area contributed by atoms with Crippen LogP contribution in [0.15, 0.2) is 47.5 Å². The van der Waals surface area contributed by atoms with Gasteiger partial charge in [-0.2, -0.15) is 0 Å². The Morgan fingerprint density at radius 1 is 1.39 bits per heavy atom. The molecule has 2 aromatic rings. The number of hydrogen-bond acceptors (Lipinski definition) is 2. The van der Waals surface area contributed by atoms with E-state index in [1.54, 1.807) is 0 Å². The normalized spacial score (nSPS) is 14.4. The van der Waals surface area contributed by atoms with Gasteiger partial charge in [0.05, 0.1) is 6.33 Å². The van der Waals surface area contributed by atoms with Crippen LogP contribution >= 0.6 is 15.9 Å². The molecular weight excluding hydrogens is 290 g/mol. The quantitative estimate of drug-likeness (QED) is 0.917. The molecule has 0 fully saturated rings. The topological polar surface area (TPSA) is 29.9 Å². The van der Waals surface area contributed by atoms with Gasteiger partial charge in [0.2, 0.25) is 0 Å². The summed E-state index contributed by atoms with van der Waals surface area (Å²) >= 11 is 3.51. The van der Waals surface area contributed by atoms with Crippen LogP contribution in [-0.2, 0) is 6.54 Å². The van der Waals surface area contributed by atoms with Gasteiger partial charge in [0.1, 0.15) is 0 Å². The van der Waals surface area contributed by atoms with Crippen LogP contribution in [0.5, 0.6) is 0 Å². The molecule has 0 saturated carbocycles. The first-order chi connectivity index (χ1) is 8.65. The van der Waals surface area contributed by atoms with Crippen LogP contribution in [0.1, 0.15) is 25.5 Å². The number of halogens is 1. The first kappa shape index (κ1) is 13.3. The van der Waals surface area contributed by atoms with Crippen molar-refractivity contribution in [3.05, 3.63) is 53.0 Å². The lowest BCUT2D eigenvalue weighted by Crippen LogP contribution is -2.32. The van der Waals surface area contributed by atoms with E-state index >= 15 is 0 Å². The van der Waals surface area contributed by atoms with Gasteiger partial charge in [-0.3, -0.25) is 0 Å². The molecule has 0 aliphatic carbocycles. The second kappa shape index (κ2) is 6.16. The minimum atomic E-state index is 0.334. The van der Waals surface area contributed by atoms with Gasteiger partial charge in [-0.25, -0.2) is 4.98 Å². The number of nitrogens with zero attached hydrogens (tertiary/aromatic N) is 2. The molecule has 0 radical (unpaired) electrons. The maximum absolute atomic E-state index is 4.05. The smallest absolute Gasteiger partial charge is 0.0946 e. The molecule has 0 saturated heterocycles. The molecule has 2 unspecified atom stereocenters. The number of rotatable bonds is 5. The Morgan fingerprint density at radius 3 is 2.89 bits per heavy atom.